The summed E-state index contributed by atoms with van der Waals surface area (Å²) in [6.07, 6.45) is 0.875. The second-order valence-corrected chi connectivity index (χ2v) is 7.21. The Morgan fingerprint density at radius 1 is 1.20 bits per heavy atom. The van der Waals surface area contributed by atoms with Gasteiger partial charge in [0.25, 0.3) is 0 Å². The molecule has 6 heteroatoms. The molecule has 1 aliphatic heterocycles. The molecular formula is C19H20ClNO3S. The van der Waals surface area contributed by atoms with Gasteiger partial charge < -0.3 is 14.8 Å². The minimum absolute atomic E-state index is 0.0375. The number of fused-ring (bicyclic) bond motifs is 1. The van der Waals surface area contributed by atoms with Gasteiger partial charge in [0, 0.05) is 16.3 Å². The Morgan fingerprint density at radius 2 is 1.96 bits per heavy atom. The molecule has 0 bridgehead atoms. The number of nitrogens with one attached hydrogen (secondary N) is 1. The van der Waals surface area contributed by atoms with E-state index >= 15 is 0 Å². The average molecular weight is 378 g/mol. The Morgan fingerprint density at radius 3 is 2.76 bits per heavy atom. The number of ether oxygens (including phenoxy) is 2. The van der Waals surface area contributed by atoms with Gasteiger partial charge in [-0.2, -0.15) is 0 Å². The summed E-state index contributed by atoms with van der Waals surface area (Å²) in [7, 11) is 0. The van der Waals surface area contributed by atoms with Gasteiger partial charge in [0.1, 0.15) is 0 Å². The van der Waals surface area contributed by atoms with Gasteiger partial charge in [-0.25, -0.2) is 0 Å². The van der Waals surface area contributed by atoms with E-state index in [1.54, 1.807) is 0 Å². The van der Waals surface area contributed by atoms with Crippen LogP contribution in [0.4, 0.5) is 0 Å². The molecule has 0 saturated heterocycles. The van der Waals surface area contributed by atoms with E-state index in [-0.39, 0.29) is 11.9 Å². The molecule has 0 fully saturated rings. The van der Waals surface area contributed by atoms with Gasteiger partial charge in [0.15, 0.2) is 11.5 Å². The molecule has 1 aliphatic rings. The third-order valence-corrected chi connectivity index (χ3v) is 5.18. The Kier molecular flexibility index (Phi) is 6.10. The fourth-order valence-corrected chi connectivity index (χ4v) is 3.60. The van der Waals surface area contributed by atoms with Crippen LogP contribution in [0.5, 0.6) is 11.5 Å². The summed E-state index contributed by atoms with van der Waals surface area (Å²) in [5.74, 6) is 1.80. The zero-order chi connectivity index (χ0) is 17.6. The van der Waals surface area contributed by atoms with Crippen LogP contribution in [0, 0.1) is 0 Å². The number of hydrogen-bond acceptors (Lipinski definition) is 4. The van der Waals surface area contributed by atoms with Gasteiger partial charge in [-0.15, -0.1) is 11.8 Å². The monoisotopic (exact) mass is 377 g/mol. The molecule has 1 N–H and O–H groups in total. The predicted octanol–water partition coefficient (Wildman–Crippen LogP) is 4.47. The van der Waals surface area contributed by atoms with Crippen LogP contribution in [-0.2, 0) is 4.79 Å². The molecule has 1 atom stereocenters. The van der Waals surface area contributed by atoms with Crippen molar-refractivity contribution < 1.29 is 14.3 Å². The maximum Gasteiger partial charge on any atom is 0.230 e. The summed E-state index contributed by atoms with van der Waals surface area (Å²) in [5, 5.41) is 3.64. The van der Waals surface area contributed by atoms with Gasteiger partial charge in [-0.05, 0) is 36.8 Å². The van der Waals surface area contributed by atoms with Gasteiger partial charge in [0.2, 0.25) is 5.91 Å². The maximum absolute atomic E-state index is 12.2. The van der Waals surface area contributed by atoms with Crippen molar-refractivity contribution in [2.24, 2.45) is 0 Å². The Hall–Kier alpha value is -1.85. The number of rotatable bonds is 5. The summed E-state index contributed by atoms with van der Waals surface area (Å²) < 4.78 is 11.3. The number of benzene rings is 2. The van der Waals surface area contributed by atoms with Crippen molar-refractivity contribution in [1.29, 1.82) is 0 Å². The van der Waals surface area contributed by atoms with Crippen LogP contribution < -0.4 is 14.8 Å². The SMILES string of the molecule is CC(NC(=O)CSc1ccc2c(c1)OCCCO2)c1ccccc1Cl. The molecule has 1 unspecified atom stereocenters. The molecule has 0 saturated carbocycles. The molecule has 0 aliphatic carbocycles. The summed E-state index contributed by atoms with van der Waals surface area (Å²) in [4.78, 5) is 13.2. The highest BCUT2D eigenvalue weighted by Crippen LogP contribution is 2.33. The van der Waals surface area contributed by atoms with E-state index in [0.717, 1.165) is 28.4 Å². The minimum atomic E-state index is -0.134. The van der Waals surface area contributed by atoms with Crippen molar-refractivity contribution in [2.45, 2.75) is 24.3 Å². The first kappa shape index (κ1) is 18.0. The molecule has 132 valence electrons. The van der Waals surface area contributed by atoms with Crippen molar-refractivity contribution in [3.8, 4) is 11.5 Å². The summed E-state index contributed by atoms with van der Waals surface area (Å²) in [6.45, 7) is 3.25. The second-order valence-electron chi connectivity index (χ2n) is 5.76. The first-order chi connectivity index (χ1) is 12.1. The normalized spacial score (nSPS) is 14.5. The highest BCUT2D eigenvalue weighted by Gasteiger charge is 2.14. The fourth-order valence-electron chi connectivity index (χ4n) is 2.57. The molecule has 4 nitrogen and oxygen atoms in total. The number of hydrogen-bond donors (Lipinski definition) is 1. The van der Waals surface area contributed by atoms with Gasteiger partial charge >= 0.3 is 0 Å². The maximum atomic E-state index is 12.2. The van der Waals surface area contributed by atoms with E-state index in [9.17, 15) is 4.79 Å². The lowest BCUT2D eigenvalue weighted by Crippen LogP contribution is -2.28. The molecule has 2 aromatic rings. The van der Waals surface area contributed by atoms with Crippen LogP contribution in [0.25, 0.3) is 0 Å². The standard InChI is InChI=1S/C19H20ClNO3S/c1-13(15-5-2-3-6-16(15)20)21-19(22)12-25-14-7-8-17-18(11-14)24-10-4-9-23-17/h2-3,5-8,11,13H,4,9-10,12H2,1H3,(H,21,22). The fraction of sp³-hybridized carbons (Fsp3) is 0.316. The minimum Gasteiger partial charge on any atom is -0.490 e. The van der Waals surface area contributed by atoms with Crippen LogP contribution in [-0.4, -0.2) is 24.9 Å². The Labute approximate surface area is 156 Å². The van der Waals surface area contributed by atoms with E-state index in [2.05, 4.69) is 5.32 Å². The number of carbonyl (C=O) groups is 1. The first-order valence-electron chi connectivity index (χ1n) is 8.20. The van der Waals surface area contributed by atoms with Crippen LogP contribution in [0.15, 0.2) is 47.4 Å². The molecule has 0 radical (unpaired) electrons. The van der Waals surface area contributed by atoms with E-state index in [1.165, 1.54) is 11.8 Å². The van der Waals surface area contributed by atoms with Crippen molar-refractivity contribution in [3.05, 3.63) is 53.1 Å². The lowest BCUT2D eigenvalue weighted by Gasteiger charge is -2.15. The molecule has 1 amide bonds. The third kappa shape index (κ3) is 4.83. The van der Waals surface area contributed by atoms with Crippen LogP contribution in [0.2, 0.25) is 5.02 Å². The van der Waals surface area contributed by atoms with Crippen LogP contribution in [0.3, 0.4) is 0 Å². The first-order valence-corrected chi connectivity index (χ1v) is 9.56. The van der Waals surface area contributed by atoms with Crippen molar-refractivity contribution in [2.75, 3.05) is 19.0 Å². The highest BCUT2D eigenvalue weighted by molar-refractivity contribution is 8.00. The highest BCUT2D eigenvalue weighted by atomic mass is 35.5. The van der Waals surface area contributed by atoms with Crippen molar-refractivity contribution in [1.82, 2.24) is 5.32 Å². The summed E-state index contributed by atoms with van der Waals surface area (Å²) in [5.41, 5.74) is 0.915. The lowest BCUT2D eigenvalue weighted by atomic mass is 10.1. The van der Waals surface area contributed by atoms with E-state index in [1.807, 2.05) is 49.4 Å². The smallest absolute Gasteiger partial charge is 0.230 e. The molecule has 25 heavy (non-hydrogen) atoms. The van der Waals surface area contributed by atoms with Gasteiger partial charge in [0.05, 0.1) is 25.0 Å². The lowest BCUT2D eigenvalue weighted by molar-refractivity contribution is -0.119. The van der Waals surface area contributed by atoms with Crippen molar-refractivity contribution in [3.63, 3.8) is 0 Å². The number of thioether (sulfide) groups is 1. The molecule has 0 aromatic heterocycles. The quantitative estimate of drug-likeness (QED) is 0.781. The molecule has 1 heterocycles. The average Bonchev–Trinajstić information content (AvgIpc) is 2.85. The second kappa shape index (κ2) is 8.50. The van der Waals surface area contributed by atoms with Crippen molar-refractivity contribution >= 4 is 29.3 Å². The van der Waals surface area contributed by atoms with Crippen LogP contribution in [0.1, 0.15) is 24.9 Å². The third-order valence-electron chi connectivity index (χ3n) is 3.84. The Balaban J connectivity index is 1.55. The van der Waals surface area contributed by atoms with Gasteiger partial charge in [-0.1, -0.05) is 29.8 Å². The molecule has 3 rings (SSSR count). The number of carbonyl (C=O) groups excluding carboxylic acids is 1. The van der Waals surface area contributed by atoms with E-state index in [0.29, 0.717) is 24.0 Å². The molecular weight excluding hydrogens is 358 g/mol. The summed E-state index contributed by atoms with van der Waals surface area (Å²) >= 11 is 7.64. The Bertz CT molecular complexity index is 753. The molecule has 0 spiro atoms. The zero-order valence-electron chi connectivity index (χ0n) is 14.0. The molecule has 2 aromatic carbocycles. The summed E-state index contributed by atoms with van der Waals surface area (Å²) in [6, 6.07) is 13.2. The topological polar surface area (TPSA) is 47.6 Å². The predicted molar refractivity (Wildman–Crippen MR) is 101 cm³/mol. The van der Waals surface area contributed by atoms with Gasteiger partial charge in [-0.3, -0.25) is 4.79 Å². The van der Waals surface area contributed by atoms with E-state index < -0.39 is 0 Å². The van der Waals surface area contributed by atoms with Crippen LogP contribution >= 0.6 is 23.4 Å². The zero-order valence-corrected chi connectivity index (χ0v) is 15.5. The largest absolute Gasteiger partial charge is 0.490 e. The number of amides is 1. The van der Waals surface area contributed by atoms with E-state index in [4.69, 9.17) is 21.1 Å². The number of halogens is 1.